The van der Waals surface area contributed by atoms with Gasteiger partial charge in [0, 0.05) is 0 Å². The third-order valence-electron chi connectivity index (χ3n) is 0.521. The maximum Gasteiger partial charge on any atom is 0.289 e. The molecule has 0 saturated heterocycles. The normalized spacial score (nSPS) is 13.4. The Labute approximate surface area is 41.9 Å². The predicted molar refractivity (Wildman–Crippen MR) is 25.1 cm³/mol. The third kappa shape index (κ3) is 3.42. The van der Waals surface area contributed by atoms with E-state index < -0.39 is 6.10 Å². The molecule has 0 rings (SSSR count). The minimum absolute atomic E-state index is 0.0938. The molecule has 3 heteroatoms. The van der Waals surface area contributed by atoms with E-state index >= 15 is 0 Å². The summed E-state index contributed by atoms with van der Waals surface area (Å²) in [5.74, 6) is 0. The Kier molecular flexibility index (Phi) is 3.55. The Morgan fingerprint density at radius 1 is 1.71 bits per heavy atom. The SMILES string of the molecule is C=[O+]C[C@H](O)CO. The van der Waals surface area contributed by atoms with E-state index in [2.05, 4.69) is 11.2 Å². The molecule has 0 unspecified atom stereocenters. The van der Waals surface area contributed by atoms with Crippen molar-refractivity contribution in [3.63, 3.8) is 0 Å². The minimum Gasteiger partial charge on any atom is -0.393 e. The van der Waals surface area contributed by atoms with Crippen LogP contribution in [-0.4, -0.2) is 36.3 Å². The van der Waals surface area contributed by atoms with Gasteiger partial charge in [-0.2, -0.15) is 0 Å². The summed E-state index contributed by atoms with van der Waals surface area (Å²) in [6, 6.07) is 0. The molecule has 0 aliphatic carbocycles. The lowest BCUT2D eigenvalue weighted by molar-refractivity contribution is -0.460. The van der Waals surface area contributed by atoms with Gasteiger partial charge in [-0.25, -0.2) is 0 Å². The highest BCUT2D eigenvalue weighted by molar-refractivity contribution is 5.12. The van der Waals surface area contributed by atoms with E-state index in [1.807, 2.05) is 0 Å². The summed E-state index contributed by atoms with van der Waals surface area (Å²) in [4.78, 5) is 0. The fraction of sp³-hybridized carbons (Fsp3) is 0.750. The van der Waals surface area contributed by atoms with Gasteiger partial charge in [-0.3, -0.25) is 4.42 Å². The largest absolute Gasteiger partial charge is 0.393 e. The van der Waals surface area contributed by atoms with E-state index in [0.29, 0.717) is 0 Å². The standard InChI is InChI=1S/C4H9O3/c1-7-3-4(6)2-5/h4-6H,1-3H2/q+1/t4-/m1/s1. The third-order valence-corrected chi connectivity index (χ3v) is 0.521. The number of hydrogen-bond donors (Lipinski definition) is 2. The van der Waals surface area contributed by atoms with Crippen LogP contribution in [0, 0.1) is 0 Å². The molecule has 0 radical (unpaired) electrons. The number of hydrogen-bond acceptors (Lipinski definition) is 2. The highest BCUT2D eigenvalue weighted by Crippen LogP contribution is 1.74. The van der Waals surface area contributed by atoms with Crippen LogP contribution >= 0.6 is 0 Å². The van der Waals surface area contributed by atoms with Crippen molar-refractivity contribution in [1.29, 1.82) is 0 Å². The zero-order chi connectivity index (χ0) is 5.70. The number of aliphatic hydroxyl groups excluding tert-OH is 2. The van der Waals surface area contributed by atoms with Gasteiger partial charge in [0.2, 0.25) is 0 Å². The van der Waals surface area contributed by atoms with E-state index in [1.165, 1.54) is 0 Å². The smallest absolute Gasteiger partial charge is 0.289 e. The van der Waals surface area contributed by atoms with Crippen molar-refractivity contribution in [2.24, 2.45) is 0 Å². The maximum absolute atomic E-state index is 8.44. The lowest BCUT2D eigenvalue weighted by atomic mass is 10.4. The van der Waals surface area contributed by atoms with Gasteiger partial charge >= 0.3 is 0 Å². The van der Waals surface area contributed by atoms with Crippen LogP contribution in [-0.2, 0) is 4.42 Å². The van der Waals surface area contributed by atoms with E-state index in [-0.39, 0.29) is 13.2 Å². The van der Waals surface area contributed by atoms with Gasteiger partial charge < -0.3 is 10.2 Å². The van der Waals surface area contributed by atoms with Crippen molar-refractivity contribution in [1.82, 2.24) is 0 Å². The molecule has 0 amide bonds. The molecule has 0 aromatic carbocycles. The molecule has 0 aromatic rings. The van der Waals surface area contributed by atoms with Gasteiger partial charge in [0.25, 0.3) is 13.4 Å². The second-order valence-corrected chi connectivity index (χ2v) is 1.21. The Balaban J connectivity index is 2.98. The van der Waals surface area contributed by atoms with Crippen molar-refractivity contribution in [2.75, 3.05) is 13.2 Å². The summed E-state index contributed by atoms with van der Waals surface area (Å²) >= 11 is 0. The van der Waals surface area contributed by atoms with Crippen molar-refractivity contribution in [3.8, 4) is 0 Å². The molecule has 42 valence electrons. The number of aliphatic hydroxyl groups is 2. The van der Waals surface area contributed by atoms with Crippen molar-refractivity contribution >= 4 is 6.79 Å². The first-order valence-corrected chi connectivity index (χ1v) is 1.97. The van der Waals surface area contributed by atoms with E-state index in [4.69, 9.17) is 10.2 Å². The monoisotopic (exact) mass is 105 g/mol. The first-order chi connectivity index (χ1) is 3.31. The molecule has 0 heterocycles. The van der Waals surface area contributed by atoms with Crippen LogP contribution in [0.3, 0.4) is 0 Å². The van der Waals surface area contributed by atoms with E-state index in [9.17, 15) is 0 Å². The molecule has 0 saturated carbocycles. The highest BCUT2D eigenvalue weighted by Gasteiger charge is 2.03. The Hall–Kier alpha value is -0.410. The molecule has 2 N–H and O–H groups in total. The molecule has 1 atom stereocenters. The fourth-order valence-corrected chi connectivity index (χ4v) is 0.189. The van der Waals surface area contributed by atoms with Crippen molar-refractivity contribution in [3.05, 3.63) is 0 Å². The maximum atomic E-state index is 8.44. The van der Waals surface area contributed by atoms with Gasteiger partial charge in [0.15, 0.2) is 6.10 Å². The predicted octanol–water partition coefficient (Wildman–Crippen LogP) is -1.30. The first-order valence-electron chi connectivity index (χ1n) is 1.97. The zero-order valence-electron chi connectivity index (χ0n) is 4.00. The summed E-state index contributed by atoms with van der Waals surface area (Å²) in [6.07, 6.45) is -0.780. The molecule has 3 nitrogen and oxygen atoms in total. The zero-order valence-corrected chi connectivity index (χ0v) is 4.00. The summed E-state index contributed by atoms with van der Waals surface area (Å²) < 4.78 is 4.23. The van der Waals surface area contributed by atoms with Crippen LogP contribution in [0.25, 0.3) is 0 Å². The molecule has 0 bridgehead atoms. The van der Waals surface area contributed by atoms with Crippen LogP contribution < -0.4 is 0 Å². The van der Waals surface area contributed by atoms with Gasteiger partial charge in [-0.05, 0) is 0 Å². The van der Waals surface area contributed by atoms with Crippen LogP contribution in [0.5, 0.6) is 0 Å². The first kappa shape index (κ1) is 6.59. The molecule has 0 spiro atoms. The molecular formula is C4H9O3+. The van der Waals surface area contributed by atoms with Gasteiger partial charge in [-0.1, -0.05) is 0 Å². The van der Waals surface area contributed by atoms with Crippen LogP contribution in [0.4, 0.5) is 0 Å². The fourth-order valence-electron chi connectivity index (χ4n) is 0.189. The van der Waals surface area contributed by atoms with Crippen molar-refractivity contribution < 1.29 is 14.6 Å². The van der Waals surface area contributed by atoms with Gasteiger partial charge in [-0.15, -0.1) is 0 Å². The summed E-state index contributed by atoms with van der Waals surface area (Å²) in [5.41, 5.74) is 0. The quantitative estimate of drug-likeness (QED) is 0.438. The topological polar surface area (TPSA) is 51.8 Å². The highest BCUT2D eigenvalue weighted by atomic mass is 16.4. The molecular weight excluding hydrogens is 96.0 g/mol. The Bertz CT molecular complexity index is 52.9. The van der Waals surface area contributed by atoms with Crippen LogP contribution in [0.2, 0.25) is 0 Å². The van der Waals surface area contributed by atoms with Crippen molar-refractivity contribution in [2.45, 2.75) is 6.10 Å². The van der Waals surface area contributed by atoms with Gasteiger partial charge in [0.1, 0.15) is 0 Å². The van der Waals surface area contributed by atoms with Crippen LogP contribution in [0.1, 0.15) is 0 Å². The van der Waals surface area contributed by atoms with Gasteiger partial charge in [0.05, 0.1) is 6.61 Å². The average Bonchev–Trinajstić information content (AvgIpc) is 1.68. The molecule has 0 fully saturated rings. The summed E-state index contributed by atoms with van der Waals surface area (Å²) in [6.45, 7) is 2.83. The second-order valence-electron chi connectivity index (χ2n) is 1.21. The minimum atomic E-state index is -0.780. The lowest BCUT2D eigenvalue weighted by Gasteiger charge is -1.91. The number of carbonyl (C=O) groups excluding carboxylic acids is 1. The second kappa shape index (κ2) is 3.77. The lowest BCUT2D eigenvalue weighted by Crippen LogP contribution is -2.16. The molecule has 7 heavy (non-hydrogen) atoms. The van der Waals surface area contributed by atoms with E-state index in [0.717, 1.165) is 0 Å². The van der Waals surface area contributed by atoms with Crippen LogP contribution in [0.15, 0.2) is 0 Å². The summed E-state index contributed by atoms with van der Waals surface area (Å²) in [5, 5.41) is 16.6. The molecule has 0 aliphatic heterocycles. The summed E-state index contributed by atoms with van der Waals surface area (Å²) in [7, 11) is 0. The molecule has 0 aliphatic rings. The Morgan fingerprint density at radius 2 is 2.29 bits per heavy atom. The average molecular weight is 105 g/mol. The number of rotatable bonds is 3. The van der Waals surface area contributed by atoms with E-state index in [1.54, 1.807) is 0 Å². The molecule has 0 aromatic heterocycles. The Morgan fingerprint density at radius 3 is 2.43 bits per heavy atom.